The van der Waals surface area contributed by atoms with Gasteiger partial charge in [-0.15, -0.1) is 0 Å². The van der Waals surface area contributed by atoms with Crippen LogP contribution in [-0.2, 0) is 13.7 Å². The Morgan fingerprint density at radius 2 is 1.00 bits per heavy atom. The number of aliphatic hydroxyl groups is 6. The van der Waals surface area contributed by atoms with Crippen LogP contribution >= 0.6 is 24.1 Å². The monoisotopic (exact) mass is 366 g/mol. The molecule has 0 heterocycles. The van der Waals surface area contributed by atoms with Gasteiger partial charge in [-0.2, -0.15) is 0 Å². The summed E-state index contributed by atoms with van der Waals surface area (Å²) in [6, 6.07) is 0. The van der Waals surface area contributed by atoms with E-state index < -0.39 is 58.4 Å². The zero-order valence-corrected chi connectivity index (χ0v) is 12.4. The zero-order chi connectivity index (χ0) is 17.0. The molecular formula is C6H9O12P3. The molecule has 0 aromatic rings. The molecule has 9 atom stereocenters. The molecule has 120 valence electrons. The average molecular weight is 366 g/mol. The first kappa shape index (κ1) is 19.0. The molecule has 0 saturated heterocycles. The van der Waals surface area contributed by atoms with Gasteiger partial charge in [0.1, 0.15) is 6.10 Å². The first-order valence-electron chi connectivity index (χ1n) is 4.96. The lowest BCUT2D eigenvalue weighted by molar-refractivity contribution is -0.310. The van der Waals surface area contributed by atoms with Crippen LogP contribution in [0.15, 0.2) is 0 Å². The molecule has 0 aliphatic heterocycles. The lowest BCUT2D eigenvalue weighted by atomic mass is 9.83. The Labute approximate surface area is 118 Å². The highest BCUT2D eigenvalue weighted by Gasteiger charge is 2.93. The lowest BCUT2D eigenvalue weighted by Gasteiger charge is -2.46. The van der Waals surface area contributed by atoms with Gasteiger partial charge in [0.2, 0.25) is 0 Å². The molecular weight excluding hydrogens is 357 g/mol. The quantitative estimate of drug-likeness (QED) is 0.256. The predicted octanol–water partition coefficient (Wildman–Crippen LogP) is -5.54. The topological polar surface area (TPSA) is 242 Å². The summed E-state index contributed by atoms with van der Waals surface area (Å²) in [5.41, 5.74) is 0. The SMILES string of the molecule is O=[P+]([O-])C1(O)[C@](O)([P+](=O)[O-])[C@H](O)C(O)[C@@H](O)[C@]1(O)[P+](=O)[O-]. The summed E-state index contributed by atoms with van der Waals surface area (Å²) in [5.74, 6) is 0. The molecule has 0 aromatic heterocycles. The van der Waals surface area contributed by atoms with Crippen LogP contribution in [0.25, 0.3) is 0 Å². The Morgan fingerprint density at radius 1 is 0.714 bits per heavy atom. The smallest absolute Gasteiger partial charge is 0.414 e. The third-order valence-corrected chi connectivity index (χ3v) is 7.17. The molecule has 21 heavy (non-hydrogen) atoms. The van der Waals surface area contributed by atoms with Gasteiger partial charge in [0.05, 0.1) is 0 Å². The fourth-order valence-electron chi connectivity index (χ4n) is 2.07. The van der Waals surface area contributed by atoms with Crippen LogP contribution in [0.3, 0.4) is 0 Å². The molecule has 15 heteroatoms. The summed E-state index contributed by atoms with van der Waals surface area (Å²) >= 11 is 0. The van der Waals surface area contributed by atoms with Crippen molar-refractivity contribution >= 4 is 24.1 Å². The molecule has 0 aromatic carbocycles. The van der Waals surface area contributed by atoms with Crippen molar-refractivity contribution in [3.8, 4) is 0 Å². The Bertz CT molecular complexity index is 475. The molecule has 12 nitrogen and oxygen atoms in total. The van der Waals surface area contributed by atoms with E-state index in [2.05, 4.69) is 0 Å². The Balaban J connectivity index is 3.85. The lowest BCUT2D eigenvalue weighted by Crippen LogP contribution is -2.80. The van der Waals surface area contributed by atoms with Crippen molar-refractivity contribution in [3.63, 3.8) is 0 Å². The first-order chi connectivity index (χ1) is 9.31. The third kappa shape index (κ3) is 2.05. The van der Waals surface area contributed by atoms with Crippen LogP contribution in [0, 0.1) is 0 Å². The van der Waals surface area contributed by atoms with Crippen molar-refractivity contribution in [3.05, 3.63) is 0 Å². The predicted molar refractivity (Wildman–Crippen MR) is 55.7 cm³/mol. The van der Waals surface area contributed by atoms with Gasteiger partial charge in [-0.05, 0) is 0 Å². The molecule has 1 rings (SSSR count). The highest BCUT2D eigenvalue weighted by molar-refractivity contribution is 7.46. The van der Waals surface area contributed by atoms with Crippen LogP contribution in [0.2, 0.25) is 0 Å². The highest BCUT2D eigenvalue weighted by atomic mass is 31.1. The van der Waals surface area contributed by atoms with E-state index in [1.807, 2.05) is 0 Å². The number of rotatable bonds is 3. The van der Waals surface area contributed by atoms with Crippen molar-refractivity contribution in [2.24, 2.45) is 0 Å². The number of hydrogen-bond donors (Lipinski definition) is 6. The standard InChI is InChI=1S/C6H9O12P3/c7-1-2(8)4(10,19(13)14)6(12,21(17)18)5(11,3(1)9)20(15)16/h1-3,7-12H/t1?,2-,3-,4-,5+,6?/m1/s1. The normalized spacial score (nSPS) is 49.6. The van der Waals surface area contributed by atoms with Crippen LogP contribution in [0.4, 0.5) is 0 Å². The van der Waals surface area contributed by atoms with Gasteiger partial charge in [-0.3, -0.25) is 0 Å². The molecule has 0 bridgehead atoms. The zero-order valence-electron chi connectivity index (χ0n) is 9.71. The Morgan fingerprint density at radius 3 is 1.19 bits per heavy atom. The summed E-state index contributed by atoms with van der Waals surface area (Å²) in [5, 5.41) is 45.0. The molecule has 6 N–H and O–H groups in total. The summed E-state index contributed by atoms with van der Waals surface area (Å²) in [4.78, 5) is 33.3. The second-order valence-corrected chi connectivity index (χ2v) is 7.83. The van der Waals surface area contributed by atoms with Gasteiger partial charge in [-0.25, -0.2) is 0 Å². The maximum absolute atomic E-state index is 11.1. The second kappa shape index (κ2) is 5.54. The van der Waals surface area contributed by atoms with E-state index >= 15 is 0 Å². The van der Waals surface area contributed by atoms with Crippen molar-refractivity contribution in [1.82, 2.24) is 0 Å². The van der Waals surface area contributed by atoms with Gasteiger partial charge in [-0.1, -0.05) is 13.7 Å². The van der Waals surface area contributed by atoms with Crippen molar-refractivity contribution in [2.75, 3.05) is 0 Å². The molecule has 0 amide bonds. The van der Waals surface area contributed by atoms with Crippen molar-refractivity contribution in [1.29, 1.82) is 0 Å². The van der Waals surface area contributed by atoms with Gasteiger partial charge in [0.25, 0.3) is 0 Å². The molecule has 5 unspecified atom stereocenters. The molecule has 1 saturated carbocycles. The minimum Gasteiger partial charge on any atom is -0.593 e. The largest absolute Gasteiger partial charge is 0.593 e. The summed E-state index contributed by atoms with van der Waals surface area (Å²) in [6.45, 7) is 0. The van der Waals surface area contributed by atoms with Gasteiger partial charge in [0.15, 0.2) is 12.2 Å². The van der Waals surface area contributed by atoms with Crippen LogP contribution in [-0.4, -0.2) is 65.0 Å². The second-order valence-electron chi connectivity index (χ2n) is 4.28. The minimum absolute atomic E-state index is 2.80. The minimum atomic E-state index is -4.66. The fourth-order valence-corrected chi connectivity index (χ4v) is 5.53. The fraction of sp³-hybridized carbons (Fsp3) is 1.00. The molecule has 0 radical (unpaired) electrons. The number of hydrogen-bond acceptors (Lipinski definition) is 12. The van der Waals surface area contributed by atoms with E-state index in [0.29, 0.717) is 0 Å². The van der Waals surface area contributed by atoms with Crippen LogP contribution in [0.5, 0.6) is 0 Å². The third-order valence-electron chi connectivity index (χ3n) is 3.32. The van der Waals surface area contributed by atoms with Crippen LogP contribution in [0.1, 0.15) is 0 Å². The first-order valence-corrected chi connectivity index (χ1v) is 8.49. The molecule has 0 spiro atoms. The maximum Gasteiger partial charge on any atom is 0.414 e. The summed E-state index contributed by atoms with van der Waals surface area (Å²) < 4.78 is 33.3. The van der Waals surface area contributed by atoms with E-state index in [9.17, 15) is 59.0 Å². The van der Waals surface area contributed by atoms with E-state index in [4.69, 9.17) is 0 Å². The molecule has 1 fully saturated rings. The van der Waals surface area contributed by atoms with Gasteiger partial charge < -0.3 is 45.3 Å². The van der Waals surface area contributed by atoms with Crippen molar-refractivity contribution < 1.29 is 59.0 Å². The molecule has 1 aliphatic carbocycles. The maximum atomic E-state index is 11.1. The molecule has 1 aliphatic rings. The van der Waals surface area contributed by atoms with E-state index in [1.165, 1.54) is 0 Å². The Kier molecular flexibility index (Phi) is 5.01. The van der Waals surface area contributed by atoms with E-state index in [1.54, 1.807) is 0 Å². The summed E-state index contributed by atoms with van der Waals surface area (Å²) in [6.07, 6.45) is -8.85. The van der Waals surface area contributed by atoms with Gasteiger partial charge >= 0.3 is 40.1 Å². The van der Waals surface area contributed by atoms with Crippen LogP contribution < -0.4 is 14.7 Å². The van der Waals surface area contributed by atoms with Crippen molar-refractivity contribution in [2.45, 2.75) is 34.3 Å². The average Bonchev–Trinajstić information content (AvgIpc) is 2.39. The number of aliphatic hydroxyl groups excluding tert-OH is 3. The summed E-state index contributed by atoms with van der Waals surface area (Å²) in [7, 11) is -13.7. The Hall–Kier alpha value is -0.0600. The highest BCUT2D eigenvalue weighted by Crippen LogP contribution is 2.64. The van der Waals surface area contributed by atoms with Gasteiger partial charge in [0, 0.05) is 0 Å². The van der Waals surface area contributed by atoms with E-state index in [0.717, 1.165) is 0 Å². The van der Waals surface area contributed by atoms with E-state index in [-0.39, 0.29) is 0 Å².